The van der Waals surface area contributed by atoms with E-state index in [0.717, 1.165) is 11.1 Å². The molecule has 0 unspecified atom stereocenters. The molecule has 0 radical (unpaired) electrons. The number of aliphatic hydroxyl groups is 3. The molecule has 176 valence electrons. The average molecular weight is 462 g/mol. The Labute approximate surface area is 196 Å². The van der Waals surface area contributed by atoms with E-state index in [1.54, 1.807) is 4.57 Å². The number of nitrogens with one attached hydrogen (secondary N) is 1. The number of aliphatic hydroxyl groups excluding tert-OH is 3. The Bertz CT molecular complexity index is 1210. The van der Waals surface area contributed by atoms with Gasteiger partial charge in [-0.3, -0.25) is 4.57 Å². The molecule has 2 aromatic heterocycles. The second-order valence-electron chi connectivity index (χ2n) is 8.69. The monoisotopic (exact) mass is 461 g/mol. The van der Waals surface area contributed by atoms with Crippen molar-refractivity contribution in [3.63, 3.8) is 0 Å². The first-order chi connectivity index (χ1) is 16.5. The summed E-state index contributed by atoms with van der Waals surface area (Å²) in [7, 11) is 0. The van der Waals surface area contributed by atoms with Gasteiger partial charge >= 0.3 is 0 Å². The molecule has 0 amide bonds. The Morgan fingerprint density at radius 3 is 2.18 bits per heavy atom. The van der Waals surface area contributed by atoms with Crippen molar-refractivity contribution < 1.29 is 20.1 Å². The van der Waals surface area contributed by atoms with E-state index in [9.17, 15) is 15.3 Å². The molecular formula is C25H27N5O4. The molecule has 1 saturated heterocycles. The zero-order valence-electron chi connectivity index (χ0n) is 18.7. The SMILES string of the molecule is CC(CNc1ncnc2c1ncn2[C@@H]1O[C@H](CO)[C@@H](O)[C@H]1O)(c1ccccc1)c1ccccc1. The summed E-state index contributed by atoms with van der Waals surface area (Å²) in [4.78, 5) is 13.2. The minimum absolute atomic E-state index is 0.342. The highest BCUT2D eigenvalue weighted by molar-refractivity contribution is 5.82. The second kappa shape index (κ2) is 9.11. The zero-order chi connectivity index (χ0) is 23.7. The Morgan fingerprint density at radius 1 is 0.941 bits per heavy atom. The van der Waals surface area contributed by atoms with E-state index in [-0.39, 0.29) is 5.41 Å². The lowest BCUT2D eigenvalue weighted by Gasteiger charge is -2.31. The molecule has 0 bridgehead atoms. The fourth-order valence-electron chi connectivity index (χ4n) is 4.52. The van der Waals surface area contributed by atoms with Crippen LogP contribution in [0.25, 0.3) is 11.2 Å². The van der Waals surface area contributed by atoms with Crippen LogP contribution in [-0.4, -0.2) is 66.3 Å². The van der Waals surface area contributed by atoms with Crippen molar-refractivity contribution in [1.82, 2.24) is 19.5 Å². The molecule has 0 spiro atoms. The van der Waals surface area contributed by atoms with Gasteiger partial charge in [-0.25, -0.2) is 15.0 Å². The van der Waals surface area contributed by atoms with E-state index < -0.39 is 31.1 Å². The van der Waals surface area contributed by atoms with Gasteiger partial charge in [-0.2, -0.15) is 0 Å². The van der Waals surface area contributed by atoms with Crippen molar-refractivity contribution in [2.75, 3.05) is 18.5 Å². The molecule has 4 atom stereocenters. The van der Waals surface area contributed by atoms with E-state index in [4.69, 9.17) is 4.74 Å². The number of fused-ring (bicyclic) bond motifs is 1. The maximum atomic E-state index is 10.4. The van der Waals surface area contributed by atoms with Crippen LogP contribution >= 0.6 is 0 Å². The van der Waals surface area contributed by atoms with Crippen LogP contribution in [-0.2, 0) is 10.2 Å². The van der Waals surface area contributed by atoms with Crippen LogP contribution in [0.5, 0.6) is 0 Å². The maximum absolute atomic E-state index is 10.4. The molecule has 34 heavy (non-hydrogen) atoms. The number of rotatable bonds is 7. The molecule has 0 aliphatic carbocycles. The number of imidazole rings is 1. The number of hydrogen-bond acceptors (Lipinski definition) is 8. The third-order valence-corrected chi connectivity index (χ3v) is 6.58. The van der Waals surface area contributed by atoms with Crippen molar-refractivity contribution >= 4 is 17.0 Å². The van der Waals surface area contributed by atoms with Gasteiger partial charge in [0.25, 0.3) is 0 Å². The third-order valence-electron chi connectivity index (χ3n) is 6.58. The second-order valence-corrected chi connectivity index (χ2v) is 8.69. The number of anilines is 1. The third kappa shape index (κ3) is 3.82. The van der Waals surface area contributed by atoms with Crippen molar-refractivity contribution in [1.29, 1.82) is 0 Å². The molecule has 3 heterocycles. The molecule has 9 nitrogen and oxygen atoms in total. The number of benzene rings is 2. The first-order valence-electron chi connectivity index (χ1n) is 11.2. The zero-order valence-corrected chi connectivity index (χ0v) is 18.7. The van der Waals surface area contributed by atoms with E-state index in [0.29, 0.717) is 23.5 Å². The van der Waals surface area contributed by atoms with Gasteiger partial charge in [0.2, 0.25) is 0 Å². The van der Waals surface area contributed by atoms with Gasteiger partial charge in [-0.1, -0.05) is 60.7 Å². The number of hydrogen-bond donors (Lipinski definition) is 4. The molecular weight excluding hydrogens is 434 g/mol. The summed E-state index contributed by atoms with van der Waals surface area (Å²) in [5, 5.41) is 33.4. The highest BCUT2D eigenvalue weighted by Gasteiger charge is 2.44. The first kappa shape index (κ1) is 22.4. The Balaban J connectivity index is 1.46. The van der Waals surface area contributed by atoms with Crippen molar-refractivity contribution in [3.05, 3.63) is 84.4 Å². The fraction of sp³-hybridized carbons (Fsp3) is 0.320. The van der Waals surface area contributed by atoms with Crippen LogP contribution in [0.2, 0.25) is 0 Å². The number of aromatic nitrogens is 4. The standard InChI is InChI=1S/C25H27N5O4/c1-25(16-8-4-2-5-9-16,17-10-6-3-7-11-17)13-26-22-19-23(28-14-27-22)30(15-29-19)24-21(33)20(32)18(12-31)34-24/h2-11,14-15,18,20-21,24,31-33H,12-13H2,1H3,(H,26,27,28)/t18-,20-,21-,24-/m1/s1. The quantitative estimate of drug-likeness (QED) is 0.329. The molecule has 4 aromatic rings. The predicted molar refractivity (Wildman–Crippen MR) is 126 cm³/mol. The van der Waals surface area contributed by atoms with Crippen LogP contribution in [0.15, 0.2) is 73.3 Å². The average Bonchev–Trinajstić information content (AvgIpc) is 3.44. The Kier molecular flexibility index (Phi) is 6.01. The van der Waals surface area contributed by atoms with Gasteiger partial charge in [0.05, 0.1) is 12.9 Å². The summed E-state index contributed by atoms with van der Waals surface area (Å²) in [6.45, 7) is 2.33. The van der Waals surface area contributed by atoms with Gasteiger partial charge in [0, 0.05) is 12.0 Å². The van der Waals surface area contributed by atoms with Crippen LogP contribution in [0.1, 0.15) is 24.3 Å². The van der Waals surface area contributed by atoms with Gasteiger partial charge in [-0.05, 0) is 18.1 Å². The molecule has 5 rings (SSSR count). The summed E-state index contributed by atoms with van der Waals surface area (Å²) in [6, 6.07) is 20.6. The highest BCUT2D eigenvalue weighted by Crippen LogP contribution is 2.34. The normalized spacial score (nSPS) is 22.8. The van der Waals surface area contributed by atoms with Crippen molar-refractivity contribution in [3.8, 4) is 0 Å². The molecule has 0 saturated carbocycles. The van der Waals surface area contributed by atoms with Crippen LogP contribution in [0, 0.1) is 0 Å². The fourth-order valence-corrected chi connectivity index (χ4v) is 4.52. The minimum atomic E-state index is -1.22. The first-order valence-corrected chi connectivity index (χ1v) is 11.2. The molecule has 4 N–H and O–H groups in total. The topological polar surface area (TPSA) is 126 Å². The Morgan fingerprint density at radius 2 is 1.59 bits per heavy atom. The maximum Gasteiger partial charge on any atom is 0.167 e. The molecule has 1 aliphatic heterocycles. The summed E-state index contributed by atoms with van der Waals surface area (Å²) in [5.74, 6) is 0.550. The summed E-state index contributed by atoms with van der Waals surface area (Å²) in [6.07, 6.45) is -1.30. The van der Waals surface area contributed by atoms with E-state index in [2.05, 4.69) is 51.5 Å². The molecule has 1 fully saturated rings. The largest absolute Gasteiger partial charge is 0.394 e. The molecule has 1 aliphatic rings. The summed E-state index contributed by atoms with van der Waals surface area (Å²) < 4.78 is 7.20. The van der Waals surface area contributed by atoms with Gasteiger partial charge in [0.15, 0.2) is 23.2 Å². The van der Waals surface area contributed by atoms with E-state index in [1.807, 2.05) is 36.4 Å². The lowest BCUT2D eigenvalue weighted by Crippen LogP contribution is -2.33. The van der Waals surface area contributed by atoms with Gasteiger partial charge < -0.3 is 25.4 Å². The van der Waals surface area contributed by atoms with E-state index in [1.165, 1.54) is 12.7 Å². The minimum Gasteiger partial charge on any atom is -0.394 e. The van der Waals surface area contributed by atoms with Gasteiger partial charge in [0.1, 0.15) is 24.6 Å². The molecule has 9 heteroatoms. The van der Waals surface area contributed by atoms with Crippen LogP contribution < -0.4 is 5.32 Å². The van der Waals surface area contributed by atoms with Gasteiger partial charge in [-0.15, -0.1) is 0 Å². The number of nitrogens with zero attached hydrogens (tertiary/aromatic N) is 4. The lowest BCUT2D eigenvalue weighted by atomic mass is 9.76. The smallest absolute Gasteiger partial charge is 0.167 e. The van der Waals surface area contributed by atoms with E-state index >= 15 is 0 Å². The van der Waals surface area contributed by atoms with Crippen LogP contribution in [0.3, 0.4) is 0 Å². The Hall–Kier alpha value is -3.37. The molecule has 2 aromatic carbocycles. The highest BCUT2D eigenvalue weighted by atomic mass is 16.6. The predicted octanol–water partition coefficient (Wildman–Crippen LogP) is 1.86. The number of ether oxygens (including phenoxy) is 1. The van der Waals surface area contributed by atoms with Crippen molar-refractivity contribution in [2.45, 2.75) is 36.9 Å². The lowest BCUT2D eigenvalue weighted by molar-refractivity contribution is -0.0511. The summed E-state index contributed by atoms with van der Waals surface area (Å²) >= 11 is 0. The van der Waals surface area contributed by atoms with Crippen molar-refractivity contribution in [2.24, 2.45) is 0 Å². The van der Waals surface area contributed by atoms with Crippen LogP contribution in [0.4, 0.5) is 5.82 Å². The summed E-state index contributed by atoms with van der Waals surface area (Å²) in [5.41, 5.74) is 2.95.